The molecule has 2 amide bonds. The molecule has 4 nitrogen and oxygen atoms in total. The van der Waals surface area contributed by atoms with E-state index in [4.69, 9.17) is 0 Å². The predicted molar refractivity (Wildman–Crippen MR) is 66.1 cm³/mol. The van der Waals surface area contributed by atoms with Crippen molar-refractivity contribution in [1.82, 2.24) is 10.2 Å². The molecule has 1 atom stereocenters. The summed E-state index contributed by atoms with van der Waals surface area (Å²) >= 11 is 0. The molecule has 1 saturated carbocycles. The SMILES string of the molecule is CC1C(=O)NC2(CCCCC2)C(=O)N1CC(F)(F)C(F)F. The number of rotatable bonds is 3. The lowest BCUT2D eigenvalue weighted by molar-refractivity contribution is -0.174. The Balaban J connectivity index is 2.25. The molecular formula is C13H18F4N2O2. The smallest absolute Gasteiger partial charge is 0.324 e. The van der Waals surface area contributed by atoms with Crippen LogP contribution in [0.3, 0.4) is 0 Å². The number of amides is 2. The second kappa shape index (κ2) is 5.46. The van der Waals surface area contributed by atoms with Gasteiger partial charge in [-0.3, -0.25) is 9.59 Å². The van der Waals surface area contributed by atoms with E-state index in [1.807, 2.05) is 0 Å². The van der Waals surface area contributed by atoms with E-state index < -0.39 is 42.3 Å². The highest BCUT2D eigenvalue weighted by molar-refractivity contribution is 5.99. The zero-order chi connectivity index (χ0) is 15.8. The highest BCUT2D eigenvalue weighted by Gasteiger charge is 2.53. The minimum Gasteiger partial charge on any atom is -0.340 e. The van der Waals surface area contributed by atoms with Gasteiger partial charge in [-0.2, -0.15) is 8.78 Å². The van der Waals surface area contributed by atoms with Crippen molar-refractivity contribution in [3.63, 3.8) is 0 Å². The first-order chi connectivity index (χ1) is 9.69. The average molecular weight is 310 g/mol. The summed E-state index contributed by atoms with van der Waals surface area (Å²) in [6, 6.07) is -1.17. The molecule has 0 aromatic carbocycles. The lowest BCUT2D eigenvalue weighted by atomic mass is 9.78. The number of hydrogen-bond donors (Lipinski definition) is 1. The fourth-order valence-corrected chi connectivity index (χ4v) is 2.99. The standard InChI is InChI=1S/C13H18F4N2O2/c1-8-9(20)18-12(5-3-2-4-6-12)11(21)19(8)7-13(16,17)10(14)15/h8,10H,2-7H2,1H3,(H,18,20). The van der Waals surface area contributed by atoms with E-state index >= 15 is 0 Å². The number of carbonyl (C=O) groups excluding carboxylic acids is 2. The van der Waals surface area contributed by atoms with Crippen LogP contribution in [0.5, 0.6) is 0 Å². The maximum atomic E-state index is 13.3. The quantitative estimate of drug-likeness (QED) is 0.810. The number of piperazine rings is 1. The molecule has 1 saturated heterocycles. The minimum absolute atomic E-state index is 0.362. The monoisotopic (exact) mass is 310 g/mol. The van der Waals surface area contributed by atoms with Gasteiger partial charge in [0.25, 0.3) is 0 Å². The highest BCUT2D eigenvalue weighted by Crippen LogP contribution is 2.35. The molecule has 0 aromatic rings. The lowest BCUT2D eigenvalue weighted by Crippen LogP contribution is -2.71. The van der Waals surface area contributed by atoms with Crippen LogP contribution >= 0.6 is 0 Å². The van der Waals surface area contributed by atoms with Gasteiger partial charge in [-0.25, -0.2) is 8.78 Å². The van der Waals surface area contributed by atoms with Crippen LogP contribution in [0.25, 0.3) is 0 Å². The number of carbonyl (C=O) groups is 2. The fourth-order valence-electron chi connectivity index (χ4n) is 2.99. The van der Waals surface area contributed by atoms with Crippen LogP contribution in [0, 0.1) is 0 Å². The van der Waals surface area contributed by atoms with Crippen molar-refractivity contribution in [3.05, 3.63) is 0 Å². The molecule has 1 heterocycles. The number of nitrogens with one attached hydrogen (secondary N) is 1. The van der Waals surface area contributed by atoms with E-state index in [1.165, 1.54) is 6.92 Å². The van der Waals surface area contributed by atoms with Crippen molar-refractivity contribution in [2.24, 2.45) is 0 Å². The first-order valence-electron chi connectivity index (χ1n) is 6.99. The molecule has 2 fully saturated rings. The summed E-state index contributed by atoms with van der Waals surface area (Å²) in [6.07, 6.45) is -0.862. The Kier molecular flexibility index (Phi) is 4.17. The summed E-state index contributed by atoms with van der Waals surface area (Å²) < 4.78 is 51.3. The second-order valence-electron chi connectivity index (χ2n) is 5.80. The summed E-state index contributed by atoms with van der Waals surface area (Å²) in [5.74, 6) is -5.56. The number of hydrogen-bond acceptors (Lipinski definition) is 2. The highest BCUT2D eigenvalue weighted by atomic mass is 19.3. The van der Waals surface area contributed by atoms with Crippen molar-refractivity contribution in [1.29, 1.82) is 0 Å². The normalized spacial score (nSPS) is 26.4. The van der Waals surface area contributed by atoms with Gasteiger partial charge in [0.2, 0.25) is 11.8 Å². The van der Waals surface area contributed by atoms with E-state index in [9.17, 15) is 27.2 Å². The Morgan fingerprint density at radius 1 is 1.29 bits per heavy atom. The third-order valence-corrected chi connectivity index (χ3v) is 4.29. The number of halogens is 4. The zero-order valence-electron chi connectivity index (χ0n) is 11.7. The van der Waals surface area contributed by atoms with Gasteiger partial charge in [-0.15, -0.1) is 0 Å². The summed E-state index contributed by atoms with van der Waals surface area (Å²) in [5.41, 5.74) is -1.19. The van der Waals surface area contributed by atoms with Gasteiger partial charge in [0.05, 0.1) is 6.54 Å². The topological polar surface area (TPSA) is 49.4 Å². The van der Waals surface area contributed by atoms with Crippen LogP contribution in [-0.4, -0.2) is 47.2 Å². The summed E-state index contributed by atoms with van der Waals surface area (Å²) in [4.78, 5) is 25.0. The Morgan fingerprint density at radius 2 is 1.86 bits per heavy atom. The molecule has 21 heavy (non-hydrogen) atoms. The van der Waals surface area contributed by atoms with Gasteiger partial charge in [0.1, 0.15) is 11.6 Å². The molecule has 0 aromatic heterocycles. The van der Waals surface area contributed by atoms with Crippen molar-refractivity contribution < 1.29 is 27.2 Å². The van der Waals surface area contributed by atoms with Crippen molar-refractivity contribution >= 4 is 11.8 Å². The van der Waals surface area contributed by atoms with E-state index in [0.29, 0.717) is 30.6 Å². The minimum atomic E-state index is -4.32. The zero-order valence-corrected chi connectivity index (χ0v) is 11.7. The van der Waals surface area contributed by atoms with Crippen LogP contribution < -0.4 is 5.32 Å². The van der Waals surface area contributed by atoms with Gasteiger partial charge in [0, 0.05) is 0 Å². The molecule has 1 unspecified atom stereocenters. The molecule has 8 heteroatoms. The molecule has 0 radical (unpaired) electrons. The van der Waals surface area contributed by atoms with Crippen LogP contribution in [0.2, 0.25) is 0 Å². The van der Waals surface area contributed by atoms with Crippen LogP contribution in [-0.2, 0) is 9.59 Å². The fraction of sp³-hybridized carbons (Fsp3) is 0.846. The van der Waals surface area contributed by atoms with Gasteiger partial charge >= 0.3 is 12.3 Å². The van der Waals surface area contributed by atoms with E-state index in [2.05, 4.69) is 5.32 Å². The second-order valence-corrected chi connectivity index (χ2v) is 5.80. The summed E-state index contributed by atoms with van der Waals surface area (Å²) in [5, 5.41) is 2.61. The van der Waals surface area contributed by atoms with Crippen LogP contribution in [0.4, 0.5) is 17.6 Å². The first-order valence-corrected chi connectivity index (χ1v) is 6.99. The van der Waals surface area contributed by atoms with Crippen molar-refractivity contribution in [2.45, 2.75) is 63.0 Å². The molecule has 2 rings (SSSR count). The van der Waals surface area contributed by atoms with Gasteiger partial charge in [-0.1, -0.05) is 19.3 Å². The van der Waals surface area contributed by atoms with Crippen molar-refractivity contribution in [2.75, 3.05) is 6.54 Å². The molecule has 1 aliphatic heterocycles. The Morgan fingerprint density at radius 3 is 2.38 bits per heavy atom. The molecule has 1 aliphatic carbocycles. The molecule has 0 bridgehead atoms. The average Bonchev–Trinajstić information content (AvgIpc) is 2.42. The lowest BCUT2D eigenvalue weighted by Gasteiger charge is -2.47. The third-order valence-electron chi connectivity index (χ3n) is 4.29. The third kappa shape index (κ3) is 2.85. The van der Waals surface area contributed by atoms with Gasteiger partial charge < -0.3 is 10.2 Å². The molecule has 1 N–H and O–H groups in total. The molecule has 1 spiro atoms. The number of alkyl halides is 4. The van der Waals surface area contributed by atoms with Crippen molar-refractivity contribution in [3.8, 4) is 0 Å². The van der Waals surface area contributed by atoms with E-state index in [-0.39, 0.29) is 0 Å². The Labute approximate surface area is 119 Å². The first kappa shape index (κ1) is 16.0. The van der Waals surface area contributed by atoms with Crippen LogP contribution in [0.15, 0.2) is 0 Å². The van der Waals surface area contributed by atoms with Gasteiger partial charge in [0.15, 0.2) is 0 Å². The van der Waals surface area contributed by atoms with Crippen LogP contribution in [0.1, 0.15) is 39.0 Å². The van der Waals surface area contributed by atoms with E-state index in [0.717, 1.165) is 6.42 Å². The maximum Gasteiger partial charge on any atom is 0.324 e. The molecule has 2 aliphatic rings. The maximum absolute atomic E-state index is 13.3. The Bertz CT molecular complexity index is 436. The van der Waals surface area contributed by atoms with Gasteiger partial charge in [-0.05, 0) is 19.8 Å². The molecular weight excluding hydrogens is 292 g/mol. The predicted octanol–water partition coefficient (Wildman–Crippen LogP) is 1.94. The summed E-state index contributed by atoms with van der Waals surface area (Å²) in [6.45, 7) is -0.162. The Hall–Kier alpha value is -1.34. The molecule has 120 valence electrons. The number of nitrogens with zero attached hydrogens (tertiary/aromatic N) is 1. The van der Waals surface area contributed by atoms with E-state index in [1.54, 1.807) is 0 Å². The summed E-state index contributed by atoms with van der Waals surface area (Å²) in [7, 11) is 0. The largest absolute Gasteiger partial charge is 0.340 e.